The van der Waals surface area contributed by atoms with Crippen molar-refractivity contribution < 1.29 is 4.79 Å². The first-order valence-corrected chi connectivity index (χ1v) is 7.11. The van der Waals surface area contributed by atoms with Gasteiger partial charge in [-0.25, -0.2) is 0 Å². The Hall–Kier alpha value is -1.41. The minimum absolute atomic E-state index is 0.150. The minimum atomic E-state index is 0.150. The van der Waals surface area contributed by atoms with Crippen LogP contribution in [0.1, 0.15) is 23.5 Å². The molecule has 0 saturated heterocycles. The first-order chi connectivity index (χ1) is 8.81. The lowest BCUT2D eigenvalue weighted by Crippen LogP contribution is -2.09. The van der Waals surface area contributed by atoms with E-state index in [1.807, 2.05) is 36.4 Å². The zero-order chi connectivity index (χ0) is 12.8. The van der Waals surface area contributed by atoms with Gasteiger partial charge in [-0.3, -0.25) is 4.79 Å². The van der Waals surface area contributed by atoms with E-state index in [9.17, 15) is 4.79 Å². The quantitative estimate of drug-likeness (QED) is 0.758. The molecule has 0 aliphatic carbocycles. The number of carbonyl (C=O) groups excluding carboxylic acids is 1. The molecule has 0 atom stereocenters. The first-order valence-electron chi connectivity index (χ1n) is 5.99. The average Bonchev–Trinajstić information content (AvgIpc) is 2.46. The monoisotopic (exact) mass is 302 g/mol. The molecule has 0 heterocycles. The second kappa shape index (κ2) is 6.50. The number of benzene rings is 2. The molecule has 0 unspecified atom stereocenters. The Kier molecular flexibility index (Phi) is 4.71. The molecular formula is C16H15BrO. The predicted molar refractivity (Wildman–Crippen MR) is 78.1 cm³/mol. The second-order valence-electron chi connectivity index (χ2n) is 4.25. The van der Waals surface area contributed by atoms with Crippen molar-refractivity contribution in [3.05, 3.63) is 71.8 Å². The highest BCUT2D eigenvalue weighted by atomic mass is 79.9. The molecule has 0 spiro atoms. The average molecular weight is 303 g/mol. The van der Waals surface area contributed by atoms with Crippen molar-refractivity contribution in [1.29, 1.82) is 0 Å². The number of rotatable bonds is 5. The lowest BCUT2D eigenvalue weighted by Gasteiger charge is -2.16. The maximum Gasteiger partial charge on any atom is 0.144 e. The van der Waals surface area contributed by atoms with Crippen molar-refractivity contribution in [2.24, 2.45) is 0 Å². The van der Waals surface area contributed by atoms with Gasteiger partial charge in [0, 0.05) is 12.3 Å². The van der Waals surface area contributed by atoms with Crippen molar-refractivity contribution in [1.82, 2.24) is 0 Å². The molecule has 0 aliphatic heterocycles. The van der Waals surface area contributed by atoms with Crippen LogP contribution in [0.15, 0.2) is 60.7 Å². The SMILES string of the molecule is O=C(CBr)CC(c1ccccc1)c1ccccc1. The second-order valence-corrected chi connectivity index (χ2v) is 4.81. The fourth-order valence-corrected chi connectivity index (χ4v) is 2.31. The van der Waals surface area contributed by atoms with Gasteiger partial charge in [-0.15, -0.1) is 0 Å². The number of alkyl halides is 1. The molecule has 92 valence electrons. The highest BCUT2D eigenvalue weighted by Crippen LogP contribution is 2.28. The van der Waals surface area contributed by atoms with E-state index >= 15 is 0 Å². The van der Waals surface area contributed by atoms with Crippen LogP contribution in [0, 0.1) is 0 Å². The summed E-state index contributed by atoms with van der Waals surface area (Å²) in [5.74, 6) is 0.380. The Bertz CT molecular complexity index is 454. The van der Waals surface area contributed by atoms with E-state index in [-0.39, 0.29) is 11.7 Å². The maximum atomic E-state index is 11.7. The van der Waals surface area contributed by atoms with E-state index < -0.39 is 0 Å². The largest absolute Gasteiger partial charge is 0.299 e. The van der Waals surface area contributed by atoms with E-state index in [0.717, 1.165) is 0 Å². The summed E-state index contributed by atoms with van der Waals surface area (Å²) in [5, 5.41) is 0.420. The van der Waals surface area contributed by atoms with Crippen LogP contribution in [0.3, 0.4) is 0 Å². The summed E-state index contributed by atoms with van der Waals surface area (Å²) in [4.78, 5) is 11.7. The summed E-state index contributed by atoms with van der Waals surface area (Å²) in [6.07, 6.45) is 0.541. The molecule has 0 N–H and O–H groups in total. The molecule has 0 saturated carbocycles. The summed E-state index contributed by atoms with van der Waals surface area (Å²) in [6, 6.07) is 20.4. The summed E-state index contributed by atoms with van der Waals surface area (Å²) in [5.41, 5.74) is 2.39. The smallest absolute Gasteiger partial charge is 0.144 e. The Morgan fingerprint density at radius 2 is 1.33 bits per heavy atom. The Morgan fingerprint density at radius 3 is 1.72 bits per heavy atom. The molecule has 18 heavy (non-hydrogen) atoms. The van der Waals surface area contributed by atoms with E-state index in [2.05, 4.69) is 40.2 Å². The van der Waals surface area contributed by atoms with Crippen LogP contribution in [-0.4, -0.2) is 11.1 Å². The van der Waals surface area contributed by atoms with Crippen LogP contribution in [0.25, 0.3) is 0 Å². The number of hydrogen-bond donors (Lipinski definition) is 0. The van der Waals surface area contributed by atoms with Crippen LogP contribution in [0.2, 0.25) is 0 Å². The van der Waals surface area contributed by atoms with Crippen molar-refractivity contribution in [2.75, 3.05) is 5.33 Å². The molecule has 2 aromatic carbocycles. The molecule has 2 heteroatoms. The van der Waals surface area contributed by atoms with Crippen LogP contribution in [-0.2, 0) is 4.79 Å². The number of carbonyl (C=O) groups is 1. The van der Waals surface area contributed by atoms with Gasteiger partial charge in [0.1, 0.15) is 5.78 Å². The van der Waals surface area contributed by atoms with Gasteiger partial charge < -0.3 is 0 Å². The fraction of sp³-hybridized carbons (Fsp3) is 0.188. The van der Waals surface area contributed by atoms with E-state index in [1.54, 1.807) is 0 Å². The number of Topliss-reactive ketones (excluding diaryl/α,β-unsaturated/α-hetero) is 1. The zero-order valence-electron chi connectivity index (χ0n) is 10.1. The van der Waals surface area contributed by atoms with Gasteiger partial charge >= 0.3 is 0 Å². The summed E-state index contributed by atoms with van der Waals surface area (Å²) in [7, 11) is 0. The number of ketones is 1. The van der Waals surface area contributed by atoms with E-state index in [4.69, 9.17) is 0 Å². The summed E-state index contributed by atoms with van der Waals surface area (Å²) >= 11 is 3.24. The van der Waals surface area contributed by atoms with Crippen LogP contribution in [0.4, 0.5) is 0 Å². The summed E-state index contributed by atoms with van der Waals surface area (Å²) < 4.78 is 0. The maximum absolute atomic E-state index is 11.7. The van der Waals surface area contributed by atoms with Crippen LogP contribution >= 0.6 is 15.9 Å². The van der Waals surface area contributed by atoms with Crippen molar-refractivity contribution >= 4 is 21.7 Å². The number of halogens is 1. The summed E-state index contributed by atoms with van der Waals surface area (Å²) in [6.45, 7) is 0. The third-order valence-corrected chi connectivity index (χ3v) is 3.61. The van der Waals surface area contributed by atoms with Crippen LogP contribution < -0.4 is 0 Å². The van der Waals surface area contributed by atoms with Crippen LogP contribution in [0.5, 0.6) is 0 Å². The van der Waals surface area contributed by atoms with Crippen molar-refractivity contribution in [2.45, 2.75) is 12.3 Å². The molecule has 0 aliphatic rings. The molecular weight excluding hydrogens is 288 g/mol. The van der Waals surface area contributed by atoms with E-state index in [1.165, 1.54) is 11.1 Å². The lowest BCUT2D eigenvalue weighted by atomic mass is 9.87. The minimum Gasteiger partial charge on any atom is -0.299 e. The standard InChI is InChI=1S/C16H15BrO/c17-12-15(18)11-16(13-7-3-1-4-8-13)14-9-5-2-6-10-14/h1-10,16H,11-12H2. The van der Waals surface area contributed by atoms with Gasteiger partial charge in [-0.05, 0) is 11.1 Å². The van der Waals surface area contributed by atoms with Gasteiger partial charge in [0.15, 0.2) is 0 Å². The first kappa shape index (κ1) is 13.0. The molecule has 0 radical (unpaired) electrons. The van der Waals surface area contributed by atoms with Crippen molar-refractivity contribution in [3.8, 4) is 0 Å². The predicted octanol–water partition coefficient (Wildman–Crippen LogP) is 4.17. The molecule has 1 nitrogen and oxygen atoms in total. The van der Waals surface area contributed by atoms with Gasteiger partial charge in [0.2, 0.25) is 0 Å². The molecule has 2 rings (SSSR count). The Morgan fingerprint density at radius 1 is 0.889 bits per heavy atom. The van der Waals surface area contributed by atoms with Gasteiger partial charge in [-0.2, -0.15) is 0 Å². The zero-order valence-corrected chi connectivity index (χ0v) is 11.6. The third-order valence-electron chi connectivity index (χ3n) is 2.98. The molecule has 0 fully saturated rings. The Labute approximate surface area is 116 Å². The molecule has 0 bridgehead atoms. The highest BCUT2D eigenvalue weighted by Gasteiger charge is 2.16. The molecule has 2 aromatic rings. The normalized spacial score (nSPS) is 10.6. The topological polar surface area (TPSA) is 17.1 Å². The van der Waals surface area contributed by atoms with Crippen molar-refractivity contribution in [3.63, 3.8) is 0 Å². The molecule has 0 amide bonds. The highest BCUT2D eigenvalue weighted by molar-refractivity contribution is 9.09. The van der Waals surface area contributed by atoms with Gasteiger partial charge in [-0.1, -0.05) is 76.6 Å². The third kappa shape index (κ3) is 3.30. The van der Waals surface area contributed by atoms with Gasteiger partial charge in [0.05, 0.1) is 5.33 Å². The van der Waals surface area contributed by atoms with E-state index in [0.29, 0.717) is 11.8 Å². The fourth-order valence-electron chi connectivity index (χ4n) is 2.08. The Balaban J connectivity index is 2.32. The molecule has 0 aromatic heterocycles. The number of hydrogen-bond acceptors (Lipinski definition) is 1. The van der Waals surface area contributed by atoms with Gasteiger partial charge in [0.25, 0.3) is 0 Å². The lowest BCUT2D eigenvalue weighted by molar-refractivity contribution is -0.116.